The largest absolute Gasteiger partial charge is 0.497 e. The molecular weight excluding hydrogens is 332 g/mol. The Morgan fingerprint density at radius 3 is 2.46 bits per heavy atom. The second-order valence-corrected chi connectivity index (χ2v) is 5.79. The van der Waals surface area contributed by atoms with Crippen LogP contribution in [0.3, 0.4) is 0 Å². The lowest BCUT2D eigenvalue weighted by Crippen LogP contribution is -2.28. The maximum Gasteiger partial charge on any atom is 0.258 e. The Labute approximate surface area is 151 Å². The van der Waals surface area contributed by atoms with Crippen LogP contribution in [0.15, 0.2) is 59.1 Å². The fourth-order valence-electron chi connectivity index (χ4n) is 2.31. The average molecular weight is 352 g/mol. The molecule has 1 heterocycles. The molecule has 2 aromatic carbocycles. The smallest absolute Gasteiger partial charge is 0.258 e. The molecular formula is C20H20N2O4. The van der Waals surface area contributed by atoms with Gasteiger partial charge in [-0.25, -0.2) is 0 Å². The Hall–Kier alpha value is -3.28. The number of carbonyl (C=O) groups is 1. The van der Waals surface area contributed by atoms with Crippen LogP contribution in [0.1, 0.15) is 11.3 Å². The quantitative estimate of drug-likeness (QED) is 0.706. The zero-order chi connectivity index (χ0) is 18.4. The molecule has 6 heteroatoms. The number of aromatic nitrogens is 1. The van der Waals surface area contributed by atoms with Gasteiger partial charge in [0.2, 0.25) is 0 Å². The normalized spacial score (nSPS) is 10.4. The number of hydrogen-bond acceptors (Lipinski definition) is 5. The minimum Gasteiger partial charge on any atom is -0.497 e. The molecule has 0 fully saturated rings. The van der Waals surface area contributed by atoms with Crippen molar-refractivity contribution in [1.82, 2.24) is 10.5 Å². The van der Waals surface area contributed by atoms with Gasteiger partial charge in [-0.3, -0.25) is 4.79 Å². The van der Waals surface area contributed by atoms with Crippen molar-refractivity contribution in [2.75, 3.05) is 13.7 Å². The van der Waals surface area contributed by atoms with E-state index in [4.69, 9.17) is 14.0 Å². The molecule has 0 aliphatic heterocycles. The fourth-order valence-corrected chi connectivity index (χ4v) is 2.31. The lowest BCUT2D eigenvalue weighted by Gasteiger charge is -2.07. The number of amides is 1. The van der Waals surface area contributed by atoms with Crippen LogP contribution in [-0.2, 0) is 11.3 Å². The third kappa shape index (κ3) is 4.63. The van der Waals surface area contributed by atoms with Crippen molar-refractivity contribution in [2.45, 2.75) is 13.5 Å². The number of aryl methyl sites for hydroxylation is 1. The lowest BCUT2D eigenvalue weighted by molar-refractivity contribution is -0.123. The van der Waals surface area contributed by atoms with Crippen LogP contribution < -0.4 is 14.8 Å². The molecule has 1 aromatic heterocycles. The van der Waals surface area contributed by atoms with Gasteiger partial charge in [0.15, 0.2) is 12.4 Å². The van der Waals surface area contributed by atoms with Crippen LogP contribution in [0, 0.1) is 6.92 Å². The summed E-state index contributed by atoms with van der Waals surface area (Å²) < 4.78 is 15.8. The highest BCUT2D eigenvalue weighted by atomic mass is 16.5. The standard InChI is InChI=1S/C20H20N2O4/c1-14-3-5-15(6-4-14)19-11-16(22-26-19)12-21-20(23)13-25-18-9-7-17(24-2)8-10-18/h3-11H,12-13H2,1-2H3,(H,21,23). The summed E-state index contributed by atoms with van der Waals surface area (Å²) in [5, 5.41) is 6.73. The third-order valence-corrected chi connectivity index (χ3v) is 3.79. The van der Waals surface area contributed by atoms with Crippen molar-refractivity contribution in [3.63, 3.8) is 0 Å². The number of carbonyl (C=O) groups excluding carboxylic acids is 1. The van der Waals surface area contributed by atoms with Gasteiger partial charge in [-0.2, -0.15) is 0 Å². The molecule has 0 spiro atoms. The molecule has 0 unspecified atom stereocenters. The first kappa shape index (κ1) is 17.5. The summed E-state index contributed by atoms with van der Waals surface area (Å²) in [4.78, 5) is 11.9. The van der Waals surface area contributed by atoms with Gasteiger partial charge in [0, 0.05) is 11.6 Å². The number of nitrogens with zero attached hydrogens (tertiary/aromatic N) is 1. The van der Waals surface area contributed by atoms with Crippen LogP contribution >= 0.6 is 0 Å². The summed E-state index contributed by atoms with van der Waals surface area (Å²) in [6.45, 7) is 2.23. The van der Waals surface area contributed by atoms with Crippen molar-refractivity contribution < 1.29 is 18.8 Å². The molecule has 3 rings (SSSR count). The Morgan fingerprint density at radius 2 is 1.77 bits per heavy atom. The summed E-state index contributed by atoms with van der Waals surface area (Å²) in [5.74, 6) is 1.77. The van der Waals surface area contributed by atoms with E-state index < -0.39 is 0 Å². The van der Waals surface area contributed by atoms with Gasteiger partial charge < -0.3 is 19.3 Å². The van der Waals surface area contributed by atoms with E-state index in [1.54, 1.807) is 31.4 Å². The highest BCUT2D eigenvalue weighted by Crippen LogP contribution is 2.20. The predicted octanol–water partition coefficient (Wildman–Crippen LogP) is 3.35. The number of benzene rings is 2. The summed E-state index contributed by atoms with van der Waals surface area (Å²) in [6.07, 6.45) is 0. The predicted molar refractivity (Wildman–Crippen MR) is 97.0 cm³/mol. The molecule has 0 aliphatic carbocycles. The van der Waals surface area contributed by atoms with E-state index >= 15 is 0 Å². The van der Waals surface area contributed by atoms with Crippen LogP contribution in [0.5, 0.6) is 11.5 Å². The maximum atomic E-state index is 11.9. The minimum atomic E-state index is -0.235. The Balaban J connectivity index is 1.47. The van der Waals surface area contributed by atoms with Crippen molar-refractivity contribution in [3.05, 3.63) is 65.9 Å². The summed E-state index contributed by atoms with van der Waals surface area (Å²) >= 11 is 0. The van der Waals surface area contributed by atoms with E-state index in [1.807, 2.05) is 37.3 Å². The van der Waals surface area contributed by atoms with Gasteiger partial charge in [0.25, 0.3) is 5.91 Å². The number of hydrogen-bond donors (Lipinski definition) is 1. The molecule has 0 aliphatic rings. The molecule has 1 amide bonds. The summed E-state index contributed by atoms with van der Waals surface area (Å²) in [7, 11) is 1.59. The second kappa shape index (κ2) is 8.20. The summed E-state index contributed by atoms with van der Waals surface area (Å²) in [6, 6.07) is 16.8. The van der Waals surface area contributed by atoms with Crippen molar-refractivity contribution in [3.8, 4) is 22.8 Å². The first-order valence-corrected chi connectivity index (χ1v) is 8.20. The zero-order valence-electron chi connectivity index (χ0n) is 14.7. The number of methoxy groups -OCH3 is 1. The lowest BCUT2D eigenvalue weighted by atomic mass is 10.1. The molecule has 0 saturated carbocycles. The zero-order valence-corrected chi connectivity index (χ0v) is 14.7. The van der Waals surface area contributed by atoms with Crippen LogP contribution in [0.4, 0.5) is 0 Å². The van der Waals surface area contributed by atoms with E-state index in [9.17, 15) is 4.79 Å². The molecule has 0 atom stereocenters. The van der Waals surface area contributed by atoms with E-state index in [0.29, 0.717) is 17.2 Å². The van der Waals surface area contributed by atoms with Gasteiger partial charge in [0.05, 0.1) is 13.7 Å². The molecule has 26 heavy (non-hydrogen) atoms. The minimum absolute atomic E-state index is 0.0744. The monoisotopic (exact) mass is 352 g/mol. The highest BCUT2D eigenvalue weighted by Gasteiger charge is 2.09. The molecule has 0 saturated heterocycles. The first-order chi connectivity index (χ1) is 12.6. The molecule has 1 N–H and O–H groups in total. The van der Waals surface area contributed by atoms with Gasteiger partial charge in [-0.05, 0) is 31.2 Å². The molecule has 0 radical (unpaired) electrons. The van der Waals surface area contributed by atoms with Crippen LogP contribution in [0.2, 0.25) is 0 Å². The first-order valence-electron chi connectivity index (χ1n) is 8.20. The van der Waals surface area contributed by atoms with Crippen molar-refractivity contribution >= 4 is 5.91 Å². The van der Waals surface area contributed by atoms with E-state index in [-0.39, 0.29) is 19.1 Å². The Morgan fingerprint density at radius 1 is 1.08 bits per heavy atom. The highest BCUT2D eigenvalue weighted by molar-refractivity contribution is 5.77. The van der Waals surface area contributed by atoms with Gasteiger partial charge in [-0.15, -0.1) is 0 Å². The maximum absolute atomic E-state index is 11.9. The van der Waals surface area contributed by atoms with Gasteiger partial charge in [0.1, 0.15) is 17.2 Å². The third-order valence-electron chi connectivity index (χ3n) is 3.79. The second-order valence-electron chi connectivity index (χ2n) is 5.79. The van der Waals surface area contributed by atoms with E-state index in [0.717, 1.165) is 11.3 Å². The van der Waals surface area contributed by atoms with Crippen LogP contribution in [-0.4, -0.2) is 24.8 Å². The SMILES string of the molecule is COc1ccc(OCC(=O)NCc2cc(-c3ccc(C)cc3)on2)cc1. The van der Waals surface area contributed by atoms with E-state index in [1.165, 1.54) is 5.56 Å². The topological polar surface area (TPSA) is 73.6 Å². The molecule has 134 valence electrons. The average Bonchev–Trinajstić information content (AvgIpc) is 3.14. The van der Waals surface area contributed by atoms with Crippen molar-refractivity contribution in [2.24, 2.45) is 0 Å². The molecule has 3 aromatic rings. The van der Waals surface area contributed by atoms with Crippen molar-refractivity contribution in [1.29, 1.82) is 0 Å². The van der Waals surface area contributed by atoms with Gasteiger partial charge >= 0.3 is 0 Å². The molecule has 0 bridgehead atoms. The summed E-state index contributed by atoms with van der Waals surface area (Å²) in [5.41, 5.74) is 2.78. The Kier molecular flexibility index (Phi) is 5.53. The van der Waals surface area contributed by atoms with Gasteiger partial charge in [-0.1, -0.05) is 35.0 Å². The number of ether oxygens (including phenoxy) is 2. The Bertz CT molecular complexity index is 854. The molecule has 6 nitrogen and oxygen atoms in total. The van der Waals surface area contributed by atoms with Crippen LogP contribution in [0.25, 0.3) is 11.3 Å². The number of rotatable bonds is 7. The fraction of sp³-hybridized carbons (Fsp3) is 0.200. The van der Waals surface area contributed by atoms with E-state index in [2.05, 4.69) is 10.5 Å². The number of nitrogens with one attached hydrogen (secondary N) is 1.